The molecule has 0 aromatic carbocycles. The zero-order valence-corrected chi connectivity index (χ0v) is 8.76. The minimum atomic E-state index is 0.945. The second-order valence-electron chi connectivity index (χ2n) is 7.53. The highest BCUT2D eigenvalue weighted by molar-refractivity contribution is 5.42. The molecule has 0 amide bonds. The summed E-state index contributed by atoms with van der Waals surface area (Å²) >= 11 is 0. The molecule has 7 atom stereocenters. The first-order valence-electron chi connectivity index (χ1n) is 6.85. The van der Waals surface area contributed by atoms with Crippen LogP contribution in [0.15, 0.2) is 0 Å². The van der Waals surface area contributed by atoms with E-state index >= 15 is 0 Å². The average molecular weight is 186 g/mol. The van der Waals surface area contributed by atoms with Crippen LogP contribution in [0.5, 0.6) is 0 Å². The van der Waals surface area contributed by atoms with Gasteiger partial charge in [0.05, 0.1) is 0 Å². The second kappa shape index (κ2) is 1.37. The van der Waals surface area contributed by atoms with E-state index in [-0.39, 0.29) is 0 Å². The quantitative estimate of drug-likeness (QED) is 0.545. The van der Waals surface area contributed by atoms with Crippen molar-refractivity contribution in [1.29, 1.82) is 0 Å². The molecule has 6 rings (SSSR count). The van der Waals surface area contributed by atoms with Gasteiger partial charge in [0, 0.05) is 0 Å². The molecular formula is C14H18. The van der Waals surface area contributed by atoms with Gasteiger partial charge in [-0.05, 0) is 84.9 Å². The minimum Gasteiger partial charge on any atom is -0.0493 e. The van der Waals surface area contributed by atoms with Gasteiger partial charge in [0.2, 0.25) is 0 Å². The first-order valence-corrected chi connectivity index (χ1v) is 6.85. The van der Waals surface area contributed by atoms with Crippen molar-refractivity contribution < 1.29 is 0 Å². The van der Waals surface area contributed by atoms with Crippen molar-refractivity contribution in [3.05, 3.63) is 0 Å². The molecule has 6 aliphatic carbocycles. The maximum absolute atomic E-state index is 1.69. The van der Waals surface area contributed by atoms with Crippen LogP contribution in [-0.4, -0.2) is 0 Å². The molecule has 6 saturated carbocycles. The lowest BCUT2D eigenvalue weighted by Gasteiger charge is -2.67. The Kier molecular flexibility index (Phi) is 0.640. The van der Waals surface area contributed by atoms with Crippen LogP contribution in [0.3, 0.4) is 0 Å². The van der Waals surface area contributed by atoms with Gasteiger partial charge in [-0.2, -0.15) is 0 Å². The Morgan fingerprint density at radius 2 is 1.86 bits per heavy atom. The Morgan fingerprint density at radius 1 is 0.929 bits per heavy atom. The van der Waals surface area contributed by atoms with Crippen LogP contribution in [0.2, 0.25) is 0 Å². The van der Waals surface area contributed by atoms with Gasteiger partial charge in [-0.3, -0.25) is 0 Å². The summed E-state index contributed by atoms with van der Waals surface area (Å²) in [6.45, 7) is 0. The van der Waals surface area contributed by atoms with E-state index in [0.717, 1.165) is 16.2 Å². The SMILES string of the molecule is C1CC23CCC4C5C1C5C41CCC21C3. The molecule has 74 valence electrons. The molecule has 0 heterocycles. The molecule has 0 radical (unpaired) electrons. The zero-order chi connectivity index (χ0) is 8.76. The highest BCUT2D eigenvalue weighted by atomic mass is 15.0. The first-order chi connectivity index (χ1) is 6.85. The minimum absolute atomic E-state index is 0.945. The molecule has 7 unspecified atom stereocenters. The van der Waals surface area contributed by atoms with Crippen LogP contribution < -0.4 is 0 Å². The average Bonchev–Trinajstić information content (AvgIpc) is 2.92. The van der Waals surface area contributed by atoms with Crippen molar-refractivity contribution >= 4 is 0 Å². The molecule has 0 heteroatoms. The van der Waals surface area contributed by atoms with E-state index in [4.69, 9.17) is 0 Å². The van der Waals surface area contributed by atoms with Gasteiger partial charge in [0.1, 0.15) is 0 Å². The lowest BCUT2D eigenvalue weighted by Crippen LogP contribution is -2.60. The van der Waals surface area contributed by atoms with Crippen molar-refractivity contribution in [3.63, 3.8) is 0 Å². The molecule has 2 spiro atoms. The van der Waals surface area contributed by atoms with Crippen LogP contribution in [0.4, 0.5) is 0 Å². The van der Waals surface area contributed by atoms with Gasteiger partial charge < -0.3 is 0 Å². The normalized spacial score (nSPS) is 84.0. The van der Waals surface area contributed by atoms with Crippen molar-refractivity contribution in [1.82, 2.24) is 0 Å². The molecule has 6 aliphatic rings. The van der Waals surface area contributed by atoms with E-state index in [2.05, 4.69) is 0 Å². The lowest BCUT2D eigenvalue weighted by atomic mass is 9.37. The molecule has 0 N–H and O–H groups in total. The molecule has 6 fully saturated rings. The van der Waals surface area contributed by atoms with Crippen molar-refractivity contribution in [2.75, 3.05) is 0 Å². The van der Waals surface area contributed by atoms with E-state index in [0.29, 0.717) is 0 Å². The molecule has 0 aromatic rings. The Morgan fingerprint density at radius 3 is 2.71 bits per heavy atom. The Balaban J connectivity index is 1.69. The Hall–Kier alpha value is 0. The maximum Gasteiger partial charge on any atom is -0.0170 e. The summed E-state index contributed by atoms with van der Waals surface area (Å²) < 4.78 is 0. The maximum atomic E-state index is 1.69. The van der Waals surface area contributed by atoms with Crippen molar-refractivity contribution in [3.8, 4) is 0 Å². The molecule has 0 aliphatic heterocycles. The van der Waals surface area contributed by atoms with Gasteiger partial charge in [-0.15, -0.1) is 0 Å². The number of hydrogen-bond donors (Lipinski definition) is 0. The third-order valence-electron chi connectivity index (χ3n) is 8.23. The van der Waals surface area contributed by atoms with Crippen molar-refractivity contribution in [2.45, 2.75) is 44.9 Å². The molecule has 0 saturated heterocycles. The summed E-state index contributed by atoms with van der Waals surface area (Å²) in [6.07, 6.45) is 11.6. The topological polar surface area (TPSA) is 0 Å². The predicted molar refractivity (Wildman–Crippen MR) is 53.6 cm³/mol. The number of hydrogen-bond acceptors (Lipinski definition) is 0. The third-order valence-corrected chi connectivity index (χ3v) is 8.23. The summed E-state index contributed by atoms with van der Waals surface area (Å²) in [5.41, 5.74) is 2.92. The van der Waals surface area contributed by atoms with Crippen LogP contribution >= 0.6 is 0 Å². The third kappa shape index (κ3) is 0.323. The van der Waals surface area contributed by atoms with Crippen LogP contribution in [0, 0.1) is 39.9 Å². The monoisotopic (exact) mass is 186 g/mol. The van der Waals surface area contributed by atoms with Crippen molar-refractivity contribution in [2.24, 2.45) is 39.9 Å². The standard InChI is InChI=1S/C14H18/c1-3-12-4-2-9-10-8(1)11(10)14(9)6-5-13(12,14)7-12/h8-11H,1-7H2. The highest BCUT2D eigenvalue weighted by Crippen LogP contribution is 3.01. The molecular weight excluding hydrogens is 168 g/mol. The van der Waals surface area contributed by atoms with Gasteiger partial charge >= 0.3 is 0 Å². The summed E-state index contributed by atoms with van der Waals surface area (Å²) in [4.78, 5) is 0. The summed E-state index contributed by atoms with van der Waals surface area (Å²) in [6, 6.07) is 0. The highest BCUT2D eigenvalue weighted by Gasteiger charge is 2.94. The summed E-state index contributed by atoms with van der Waals surface area (Å²) in [7, 11) is 0. The fraction of sp³-hybridized carbons (Fsp3) is 1.00. The smallest absolute Gasteiger partial charge is 0.0170 e. The fourth-order valence-electron chi connectivity index (χ4n) is 7.91. The summed E-state index contributed by atoms with van der Waals surface area (Å²) in [5, 5.41) is 0. The van der Waals surface area contributed by atoms with E-state index in [1.807, 2.05) is 0 Å². The van der Waals surface area contributed by atoms with E-state index in [1.165, 1.54) is 23.7 Å². The zero-order valence-electron chi connectivity index (χ0n) is 8.76. The molecule has 0 aromatic heterocycles. The fourth-order valence-corrected chi connectivity index (χ4v) is 7.91. The first kappa shape index (κ1) is 6.55. The number of fused-ring (bicyclic) bond motifs is 2. The Labute approximate surface area is 85.4 Å². The molecule has 0 nitrogen and oxygen atoms in total. The predicted octanol–water partition coefficient (Wildman–Crippen LogP) is 3.22. The van der Waals surface area contributed by atoms with E-state index < -0.39 is 0 Å². The largest absolute Gasteiger partial charge is 0.0493 e. The lowest BCUT2D eigenvalue weighted by molar-refractivity contribution is -0.188. The van der Waals surface area contributed by atoms with Gasteiger partial charge in [-0.1, -0.05) is 0 Å². The van der Waals surface area contributed by atoms with Crippen LogP contribution in [0.1, 0.15) is 44.9 Å². The van der Waals surface area contributed by atoms with Crippen LogP contribution in [-0.2, 0) is 0 Å². The van der Waals surface area contributed by atoms with Crippen LogP contribution in [0.25, 0.3) is 0 Å². The van der Waals surface area contributed by atoms with E-state index in [9.17, 15) is 0 Å². The van der Waals surface area contributed by atoms with E-state index in [1.54, 1.807) is 44.9 Å². The van der Waals surface area contributed by atoms with Gasteiger partial charge in [0.15, 0.2) is 0 Å². The van der Waals surface area contributed by atoms with Gasteiger partial charge in [0.25, 0.3) is 0 Å². The van der Waals surface area contributed by atoms with Gasteiger partial charge in [-0.25, -0.2) is 0 Å². The molecule has 2 bridgehead atoms. The number of rotatable bonds is 0. The summed E-state index contributed by atoms with van der Waals surface area (Å²) in [5.74, 6) is 5.06. The molecule has 14 heavy (non-hydrogen) atoms. The Bertz CT molecular complexity index is 377. The second-order valence-corrected chi connectivity index (χ2v) is 7.53.